The van der Waals surface area contributed by atoms with Crippen molar-refractivity contribution < 1.29 is 9.47 Å². The van der Waals surface area contributed by atoms with E-state index in [9.17, 15) is 0 Å². The predicted octanol–water partition coefficient (Wildman–Crippen LogP) is 1.80. The van der Waals surface area contributed by atoms with E-state index in [1.165, 1.54) is 5.56 Å². The summed E-state index contributed by atoms with van der Waals surface area (Å²) in [5.41, 5.74) is 1.33. The van der Waals surface area contributed by atoms with Crippen LogP contribution in [0.3, 0.4) is 0 Å². The van der Waals surface area contributed by atoms with Crippen molar-refractivity contribution >= 4 is 0 Å². The van der Waals surface area contributed by atoms with Crippen molar-refractivity contribution in [1.82, 2.24) is 10.2 Å². The Morgan fingerprint density at radius 3 is 2.45 bits per heavy atom. The zero-order chi connectivity index (χ0) is 14.6. The first-order valence-electron chi connectivity index (χ1n) is 7.39. The molecule has 0 aliphatic heterocycles. The molecular formula is C16H28N2O2. The van der Waals surface area contributed by atoms with Crippen LogP contribution < -0.4 is 10.1 Å². The van der Waals surface area contributed by atoms with E-state index in [0.29, 0.717) is 6.61 Å². The van der Waals surface area contributed by atoms with Gasteiger partial charge in [-0.25, -0.2) is 0 Å². The third-order valence-corrected chi connectivity index (χ3v) is 3.15. The number of hydrogen-bond donors (Lipinski definition) is 1. The lowest BCUT2D eigenvalue weighted by Gasteiger charge is -2.16. The summed E-state index contributed by atoms with van der Waals surface area (Å²) in [6.45, 7) is 7.15. The quantitative estimate of drug-likeness (QED) is 0.627. The molecule has 0 saturated carbocycles. The molecule has 0 spiro atoms. The number of nitrogens with zero attached hydrogens (tertiary/aromatic N) is 1. The highest BCUT2D eigenvalue weighted by atomic mass is 16.5. The maximum absolute atomic E-state index is 5.74. The zero-order valence-corrected chi connectivity index (χ0v) is 13.0. The average molecular weight is 280 g/mol. The number of nitrogens with one attached hydrogen (secondary N) is 1. The fourth-order valence-electron chi connectivity index (χ4n) is 1.82. The van der Waals surface area contributed by atoms with Gasteiger partial charge in [-0.3, -0.25) is 0 Å². The van der Waals surface area contributed by atoms with Gasteiger partial charge in [0.1, 0.15) is 12.4 Å². The molecule has 1 aromatic rings. The second kappa shape index (κ2) is 10.7. The molecule has 114 valence electrons. The summed E-state index contributed by atoms with van der Waals surface area (Å²) in [5, 5.41) is 3.15. The van der Waals surface area contributed by atoms with Crippen molar-refractivity contribution in [2.45, 2.75) is 13.3 Å². The Hall–Kier alpha value is -1.10. The molecule has 0 bridgehead atoms. The van der Waals surface area contributed by atoms with Gasteiger partial charge in [0.25, 0.3) is 0 Å². The molecule has 0 aromatic heterocycles. The summed E-state index contributed by atoms with van der Waals surface area (Å²) >= 11 is 0. The number of benzene rings is 1. The van der Waals surface area contributed by atoms with Crippen LogP contribution in [0.1, 0.15) is 12.5 Å². The van der Waals surface area contributed by atoms with Crippen LogP contribution in [0.15, 0.2) is 24.3 Å². The van der Waals surface area contributed by atoms with Crippen LogP contribution in [0.25, 0.3) is 0 Å². The standard InChI is InChI=1S/C16H28N2O2/c1-4-19-13-11-18(3)12-14-20-16-7-5-15(6-8-16)9-10-17-2/h5-8,17H,4,9-14H2,1-3H3. The lowest BCUT2D eigenvalue weighted by atomic mass is 10.1. The van der Waals surface area contributed by atoms with Crippen molar-refractivity contribution in [3.05, 3.63) is 29.8 Å². The van der Waals surface area contributed by atoms with Gasteiger partial charge >= 0.3 is 0 Å². The Morgan fingerprint density at radius 1 is 1.10 bits per heavy atom. The SMILES string of the molecule is CCOCCN(C)CCOc1ccc(CCNC)cc1. The zero-order valence-electron chi connectivity index (χ0n) is 13.0. The minimum Gasteiger partial charge on any atom is -0.492 e. The van der Waals surface area contributed by atoms with Crippen LogP contribution in [-0.2, 0) is 11.2 Å². The van der Waals surface area contributed by atoms with Gasteiger partial charge in [-0.2, -0.15) is 0 Å². The van der Waals surface area contributed by atoms with Crippen molar-refractivity contribution in [2.75, 3.05) is 53.6 Å². The first kappa shape index (κ1) is 17.0. The van der Waals surface area contributed by atoms with Crippen LogP contribution in [0.4, 0.5) is 0 Å². The summed E-state index contributed by atoms with van der Waals surface area (Å²) in [7, 11) is 4.06. The van der Waals surface area contributed by atoms with Crippen molar-refractivity contribution in [3.8, 4) is 5.75 Å². The van der Waals surface area contributed by atoms with E-state index in [1.807, 2.05) is 26.1 Å². The first-order chi connectivity index (χ1) is 9.76. The van der Waals surface area contributed by atoms with Gasteiger partial charge in [-0.1, -0.05) is 12.1 Å². The molecule has 0 heterocycles. The molecule has 0 atom stereocenters. The smallest absolute Gasteiger partial charge is 0.119 e. The van der Waals surface area contributed by atoms with Gasteiger partial charge in [0.15, 0.2) is 0 Å². The Morgan fingerprint density at radius 2 is 1.80 bits per heavy atom. The Bertz CT molecular complexity index is 341. The normalized spacial score (nSPS) is 11.0. The van der Waals surface area contributed by atoms with Gasteiger partial charge in [-0.05, 0) is 51.7 Å². The van der Waals surface area contributed by atoms with Gasteiger partial charge in [0.05, 0.1) is 6.61 Å². The lowest BCUT2D eigenvalue weighted by Crippen LogP contribution is -2.27. The van der Waals surface area contributed by atoms with E-state index < -0.39 is 0 Å². The lowest BCUT2D eigenvalue weighted by molar-refractivity contribution is 0.116. The minimum absolute atomic E-state index is 0.707. The topological polar surface area (TPSA) is 33.7 Å². The first-order valence-corrected chi connectivity index (χ1v) is 7.39. The summed E-state index contributed by atoms with van der Waals surface area (Å²) in [5.74, 6) is 0.941. The van der Waals surface area contributed by atoms with E-state index in [1.54, 1.807) is 0 Å². The molecule has 0 amide bonds. The third-order valence-electron chi connectivity index (χ3n) is 3.15. The molecule has 4 heteroatoms. The molecule has 1 N–H and O–H groups in total. The number of hydrogen-bond acceptors (Lipinski definition) is 4. The highest BCUT2D eigenvalue weighted by Crippen LogP contribution is 2.12. The maximum Gasteiger partial charge on any atom is 0.119 e. The largest absolute Gasteiger partial charge is 0.492 e. The fourth-order valence-corrected chi connectivity index (χ4v) is 1.82. The second-order valence-electron chi connectivity index (χ2n) is 4.85. The maximum atomic E-state index is 5.74. The van der Waals surface area contributed by atoms with Crippen molar-refractivity contribution in [3.63, 3.8) is 0 Å². The van der Waals surface area contributed by atoms with Crippen LogP contribution >= 0.6 is 0 Å². The van der Waals surface area contributed by atoms with Crippen molar-refractivity contribution in [2.24, 2.45) is 0 Å². The van der Waals surface area contributed by atoms with E-state index in [4.69, 9.17) is 9.47 Å². The molecular weight excluding hydrogens is 252 g/mol. The van der Waals surface area contributed by atoms with Crippen LogP contribution in [-0.4, -0.2) is 58.5 Å². The summed E-state index contributed by atoms with van der Waals surface area (Å²) in [6.07, 6.45) is 1.05. The van der Waals surface area contributed by atoms with E-state index in [2.05, 4.69) is 29.4 Å². The second-order valence-corrected chi connectivity index (χ2v) is 4.85. The predicted molar refractivity (Wildman–Crippen MR) is 83.6 cm³/mol. The summed E-state index contributed by atoms with van der Waals surface area (Å²) in [6, 6.07) is 8.35. The van der Waals surface area contributed by atoms with E-state index in [-0.39, 0.29) is 0 Å². The molecule has 20 heavy (non-hydrogen) atoms. The van der Waals surface area contributed by atoms with Crippen LogP contribution in [0.5, 0.6) is 5.75 Å². The van der Waals surface area contributed by atoms with Gasteiger partial charge in [0.2, 0.25) is 0 Å². The summed E-state index contributed by atoms with van der Waals surface area (Å²) in [4.78, 5) is 2.22. The third kappa shape index (κ3) is 7.48. The molecule has 0 aliphatic rings. The molecule has 0 unspecified atom stereocenters. The van der Waals surface area contributed by atoms with E-state index in [0.717, 1.165) is 45.0 Å². The Labute approximate surface area is 123 Å². The molecule has 0 fully saturated rings. The van der Waals surface area contributed by atoms with Crippen LogP contribution in [0.2, 0.25) is 0 Å². The van der Waals surface area contributed by atoms with Gasteiger partial charge in [-0.15, -0.1) is 0 Å². The average Bonchev–Trinajstić information content (AvgIpc) is 2.47. The van der Waals surface area contributed by atoms with E-state index >= 15 is 0 Å². The molecule has 0 saturated heterocycles. The fraction of sp³-hybridized carbons (Fsp3) is 0.625. The molecule has 4 nitrogen and oxygen atoms in total. The number of likely N-dealkylation sites (N-methyl/N-ethyl adjacent to an activating group) is 2. The molecule has 0 aliphatic carbocycles. The Balaban J connectivity index is 2.18. The van der Waals surface area contributed by atoms with Gasteiger partial charge < -0.3 is 19.7 Å². The number of rotatable bonds is 11. The summed E-state index contributed by atoms with van der Waals surface area (Å²) < 4.78 is 11.1. The highest BCUT2D eigenvalue weighted by Gasteiger charge is 1.99. The number of ether oxygens (including phenoxy) is 2. The molecule has 1 aromatic carbocycles. The van der Waals surface area contributed by atoms with Crippen molar-refractivity contribution in [1.29, 1.82) is 0 Å². The highest BCUT2D eigenvalue weighted by molar-refractivity contribution is 5.27. The minimum atomic E-state index is 0.707. The van der Waals surface area contributed by atoms with Gasteiger partial charge in [0, 0.05) is 19.7 Å². The monoisotopic (exact) mass is 280 g/mol. The Kier molecular flexibility index (Phi) is 9.04. The molecule has 0 radical (unpaired) electrons. The molecule has 1 rings (SSSR count). The van der Waals surface area contributed by atoms with Crippen LogP contribution in [0, 0.1) is 0 Å².